The van der Waals surface area contributed by atoms with E-state index in [1.807, 2.05) is 6.07 Å². The molecule has 1 N–H and O–H groups in total. The van der Waals surface area contributed by atoms with Crippen molar-refractivity contribution < 1.29 is 19.1 Å². The minimum Gasteiger partial charge on any atom is -0.472 e. The zero-order chi connectivity index (χ0) is 17.2. The van der Waals surface area contributed by atoms with Gasteiger partial charge in [0, 0.05) is 11.3 Å². The summed E-state index contributed by atoms with van der Waals surface area (Å²) >= 11 is 0. The van der Waals surface area contributed by atoms with Crippen LogP contribution in [0.25, 0.3) is 0 Å². The van der Waals surface area contributed by atoms with E-state index in [1.54, 1.807) is 12.5 Å². The van der Waals surface area contributed by atoms with Crippen LogP contribution in [0.2, 0.25) is 0 Å². The number of esters is 1. The van der Waals surface area contributed by atoms with Gasteiger partial charge in [-0.1, -0.05) is 20.3 Å². The second-order valence-corrected chi connectivity index (χ2v) is 8.80. The van der Waals surface area contributed by atoms with Crippen LogP contribution in [-0.2, 0) is 16.0 Å². The van der Waals surface area contributed by atoms with Crippen LogP contribution in [0.3, 0.4) is 0 Å². The average Bonchev–Trinajstić information content (AvgIpc) is 3.12. The standard InChI is InChI=1S/C20H28O4/c1-13-11-15-16-18(2,17(21)24-15)7-4-8-19(16,3)20(13,22)9-5-14-6-10-23-12-14/h6,10,12-13,15-16,22H,4-5,7-9,11H2,1-3H3/t13-,15-,16+,18+,19+,20-/m1/s1. The number of aryl methyl sites for hydroxylation is 1. The molecule has 2 aliphatic carbocycles. The lowest BCUT2D eigenvalue weighted by Gasteiger charge is -2.61. The Labute approximate surface area is 143 Å². The van der Waals surface area contributed by atoms with Crippen LogP contribution in [0.4, 0.5) is 0 Å². The predicted molar refractivity (Wildman–Crippen MR) is 89.2 cm³/mol. The minimum atomic E-state index is -0.777. The number of hydrogen-bond donors (Lipinski definition) is 1. The number of furan rings is 1. The van der Waals surface area contributed by atoms with Crippen molar-refractivity contribution in [2.45, 2.75) is 71.0 Å². The van der Waals surface area contributed by atoms with Crippen molar-refractivity contribution in [2.75, 3.05) is 0 Å². The Morgan fingerprint density at radius 1 is 1.33 bits per heavy atom. The molecule has 4 rings (SSSR count). The number of hydrogen-bond acceptors (Lipinski definition) is 4. The molecule has 4 heteroatoms. The molecule has 6 atom stereocenters. The first-order chi connectivity index (χ1) is 11.3. The summed E-state index contributed by atoms with van der Waals surface area (Å²) in [5, 5.41) is 11.9. The topological polar surface area (TPSA) is 59.7 Å². The van der Waals surface area contributed by atoms with E-state index in [1.165, 1.54) is 0 Å². The summed E-state index contributed by atoms with van der Waals surface area (Å²) in [7, 11) is 0. The summed E-state index contributed by atoms with van der Waals surface area (Å²) in [4.78, 5) is 12.6. The highest BCUT2D eigenvalue weighted by Crippen LogP contribution is 2.67. The molecule has 4 nitrogen and oxygen atoms in total. The first-order valence-electron chi connectivity index (χ1n) is 9.26. The monoisotopic (exact) mass is 332 g/mol. The van der Waals surface area contributed by atoms with Gasteiger partial charge >= 0.3 is 5.97 Å². The van der Waals surface area contributed by atoms with Crippen molar-refractivity contribution in [3.8, 4) is 0 Å². The molecule has 2 heterocycles. The van der Waals surface area contributed by atoms with Crippen molar-refractivity contribution in [2.24, 2.45) is 22.7 Å². The fourth-order valence-electron chi connectivity index (χ4n) is 6.30. The largest absolute Gasteiger partial charge is 0.472 e. The molecule has 2 saturated carbocycles. The van der Waals surface area contributed by atoms with Gasteiger partial charge in [-0.25, -0.2) is 0 Å². The molecule has 0 aromatic carbocycles. The number of ether oxygens (including phenoxy) is 1. The van der Waals surface area contributed by atoms with Gasteiger partial charge in [0.25, 0.3) is 0 Å². The van der Waals surface area contributed by atoms with Crippen molar-refractivity contribution in [3.05, 3.63) is 24.2 Å². The van der Waals surface area contributed by atoms with Crippen LogP contribution in [0.5, 0.6) is 0 Å². The van der Waals surface area contributed by atoms with Gasteiger partial charge in [0.15, 0.2) is 0 Å². The number of carbonyl (C=O) groups excluding carboxylic acids is 1. The Kier molecular flexibility index (Phi) is 3.44. The Balaban J connectivity index is 1.70. The second kappa shape index (κ2) is 5.10. The van der Waals surface area contributed by atoms with Crippen molar-refractivity contribution in [1.29, 1.82) is 0 Å². The van der Waals surface area contributed by atoms with E-state index in [9.17, 15) is 9.90 Å². The summed E-state index contributed by atoms with van der Waals surface area (Å²) in [5.74, 6) is 0.190. The maximum atomic E-state index is 12.6. The molecule has 0 amide bonds. The molecule has 0 radical (unpaired) electrons. The van der Waals surface area contributed by atoms with Gasteiger partial charge in [0.1, 0.15) is 6.10 Å². The highest BCUT2D eigenvalue weighted by atomic mass is 16.6. The predicted octanol–water partition coefficient (Wildman–Crippen LogP) is 3.72. The van der Waals surface area contributed by atoms with Gasteiger partial charge in [0.05, 0.1) is 23.5 Å². The van der Waals surface area contributed by atoms with E-state index < -0.39 is 11.0 Å². The molecule has 1 aromatic rings. The molecule has 1 aromatic heterocycles. The zero-order valence-electron chi connectivity index (χ0n) is 14.9. The SMILES string of the molecule is C[C@@H]1C[C@H]2OC(=O)[C@@]3(C)CCC[C@@](C)([C@@H]23)[C@@]1(O)CCc1ccoc1. The zero-order valence-corrected chi connectivity index (χ0v) is 14.9. The first kappa shape index (κ1) is 16.2. The lowest BCUT2D eigenvalue weighted by Crippen LogP contribution is -2.65. The van der Waals surface area contributed by atoms with Crippen molar-refractivity contribution >= 4 is 5.97 Å². The summed E-state index contributed by atoms with van der Waals surface area (Å²) in [6.45, 7) is 6.38. The fourth-order valence-corrected chi connectivity index (χ4v) is 6.30. The molecule has 3 fully saturated rings. The van der Waals surface area contributed by atoms with E-state index in [0.717, 1.165) is 37.7 Å². The van der Waals surface area contributed by atoms with Crippen LogP contribution < -0.4 is 0 Å². The molecular weight excluding hydrogens is 304 g/mol. The molecule has 132 valence electrons. The summed E-state index contributed by atoms with van der Waals surface area (Å²) in [6, 6.07) is 1.97. The van der Waals surface area contributed by atoms with Gasteiger partial charge in [-0.3, -0.25) is 4.79 Å². The molecule has 1 aliphatic heterocycles. The third-order valence-corrected chi connectivity index (χ3v) is 7.63. The third-order valence-electron chi connectivity index (χ3n) is 7.63. The fraction of sp³-hybridized carbons (Fsp3) is 0.750. The lowest BCUT2D eigenvalue weighted by atomic mass is 9.44. The van der Waals surface area contributed by atoms with E-state index in [-0.39, 0.29) is 29.3 Å². The Morgan fingerprint density at radius 3 is 2.83 bits per heavy atom. The van der Waals surface area contributed by atoms with Crippen molar-refractivity contribution in [3.63, 3.8) is 0 Å². The van der Waals surface area contributed by atoms with E-state index >= 15 is 0 Å². The van der Waals surface area contributed by atoms with E-state index in [2.05, 4.69) is 20.8 Å². The van der Waals surface area contributed by atoms with Crippen LogP contribution in [0.15, 0.2) is 23.0 Å². The highest BCUT2D eigenvalue weighted by Gasteiger charge is 2.70. The normalized spacial score (nSPS) is 47.3. The quantitative estimate of drug-likeness (QED) is 0.857. The summed E-state index contributed by atoms with van der Waals surface area (Å²) < 4.78 is 11.0. The molecule has 1 saturated heterocycles. The van der Waals surface area contributed by atoms with Crippen LogP contribution >= 0.6 is 0 Å². The van der Waals surface area contributed by atoms with Crippen LogP contribution in [-0.4, -0.2) is 22.8 Å². The Morgan fingerprint density at radius 2 is 2.12 bits per heavy atom. The number of rotatable bonds is 3. The molecular formula is C20H28O4. The molecule has 24 heavy (non-hydrogen) atoms. The summed E-state index contributed by atoms with van der Waals surface area (Å²) in [5.41, 5.74) is -0.362. The maximum Gasteiger partial charge on any atom is 0.312 e. The van der Waals surface area contributed by atoms with Crippen molar-refractivity contribution in [1.82, 2.24) is 0 Å². The van der Waals surface area contributed by atoms with Gasteiger partial charge in [0.2, 0.25) is 0 Å². The molecule has 0 spiro atoms. The average molecular weight is 332 g/mol. The Bertz CT molecular complexity index is 638. The molecule has 0 unspecified atom stereocenters. The van der Waals surface area contributed by atoms with Gasteiger partial charge in [-0.15, -0.1) is 0 Å². The van der Waals surface area contributed by atoms with E-state index in [0.29, 0.717) is 6.42 Å². The summed E-state index contributed by atoms with van der Waals surface area (Å²) in [6.07, 6.45) is 8.51. The highest BCUT2D eigenvalue weighted by molar-refractivity contribution is 5.80. The van der Waals surface area contributed by atoms with Crippen LogP contribution in [0, 0.1) is 22.7 Å². The van der Waals surface area contributed by atoms with Gasteiger partial charge in [-0.2, -0.15) is 0 Å². The molecule has 0 bridgehead atoms. The van der Waals surface area contributed by atoms with Crippen LogP contribution in [0.1, 0.15) is 58.4 Å². The maximum absolute atomic E-state index is 12.6. The number of aliphatic hydroxyl groups is 1. The van der Waals surface area contributed by atoms with Gasteiger partial charge < -0.3 is 14.3 Å². The van der Waals surface area contributed by atoms with Gasteiger partial charge in [-0.05, 0) is 56.6 Å². The number of carbonyl (C=O) groups is 1. The Hall–Kier alpha value is -1.29. The van der Waals surface area contributed by atoms with E-state index in [4.69, 9.17) is 9.15 Å². The first-order valence-corrected chi connectivity index (χ1v) is 9.26. The second-order valence-electron chi connectivity index (χ2n) is 8.80. The molecule has 3 aliphatic rings. The lowest BCUT2D eigenvalue weighted by molar-refractivity contribution is -0.217. The minimum absolute atomic E-state index is 0.0306. The smallest absolute Gasteiger partial charge is 0.312 e. The third kappa shape index (κ3) is 1.92.